The minimum atomic E-state index is -3.88. The molecule has 0 radical (unpaired) electrons. The van der Waals surface area contributed by atoms with Gasteiger partial charge in [-0.2, -0.15) is 12.8 Å². The molecule has 0 atom stereocenters. The molecule has 0 aliphatic rings. The van der Waals surface area contributed by atoms with Crippen molar-refractivity contribution in [3.05, 3.63) is 30.3 Å². The molecule has 1 aromatic rings. The molecule has 0 aliphatic carbocycles. The van der Waals surface area contributed by atoms with Gasteiger partial charge in [0.15, 0.2) is 0 Å². The summed E-state index contributed by atoms with van der Waals surface area (Å²) in [5, 5.41) is 0. The van der Waals surface area contributed by atoms with E-state index >= 15 is 0 Å². The Balaban J connectivity index is 3.16. The summed E-state index contributed by atoms with van der Waals surface area (Å²) >= 11 is 0. The van der Waals surface area contributed by atoms with E-state index in [-0.39, 0.29) is 9.31 Å². The number of rotatable bonds is 2. The summed E-state index contributed by atoms with van der Waals surface area (Å²) < 4.78 is 23.3. The van der Waals surface area contributed by atoms with Gasteiger partial charge in [0.05, 0.1) is 4.90 Å². The second-order valence-electron chi connectivity index (χ2n) is 2.63. The van der Waals surface area contributed by atoms with Crippen LogP contribution in [0.4, 0.5) is 0 Å². The van der Waals surface area contributed by atoms with Gasteiger partial charge in [-0.3, -0.25) is 4.79 Å². The highest BCUT2D eigenvalue weighted by molar-refractivity contribution is 7.89. The molecule has 0 unspecified atom stereocenters. The van der Waals surface area contributed by atoms with Crippen LogP contribution < -0.4 is 5.84 Å². The highest BCUT2D eigenvalue weighted by Gasteiger charge is 2.23. The van der Waals surface area contributed by atoms with E-state index < -0.39 is 15.9 Å². The number of nitrogens with two attached hydrogens (primary N) is 1. The fourth-order valence-corrected chi connectivity index (χ4v) is 1.94. The molecule has 1 amide bonds. The Kier molecular flexibility index (Phi) is 2.87. The van der Waals surface area contributed by atoms with E-state index in [4.69, 9.17) is 5.84 Å². The zero-order valence-corrected chi connectivity index (χ0v) is 8.36. The lowest BCUT2D eigenvalue weighted by Gasteiger charge is -2.14. The summed E-state index contributed by atoms with van der Waals surface area (Å²) in [5.41, 5.74) is 0. The summed E-state index contributed by atoms with van der Waals surface area (Å²) in [6, 6.07) is 7.53. The average Bonchev–Trinajstić information content (AvgIpc) is 2.18. The van der Waals surface area contributed by atoms with Crippen molar-refractivity contribution in [3.63, 3.8) is 0 Å². The van der Waals surface area contributed by atoms with E-state index in [1.807, 2.05) is 0 Å². The van der Waals surface area contributed by atoms with Gasteiger partial charge in [0.1, 0.15) is 0 Å². The van der Waals surface area contributed by atoms with Crippen molar-refractivity contribution in [1.82, 2.24) is 4.41 Å². The molecule has 1 aromatic carbocycles. The number of hydrogen-bond donors (Lipinski definition) is 1. The van der Waals surface area contributed by atoms with Crippen LogP contribution in [0.2, 0.25) is 0 Å². The Morgan fingerprint density at radius 1 is 1.29 bits per heavy atom. The quantitative estimate of drug-likeness (QED) is 0.430. The van der Waals surface area contributed by atoms with E-state index in [0.29, 0.717) is 0 Å². The van der Waals surface area contributed by atoms with Gasteiger partial charge in [-0.1, -0.05) is 18.2 Å². The normalized spacial score (nSPS) is 11.0. The van der Waals surface area contributed by atoms with E-state index in [1.165, 1.54) is 12.1 Å². The van der Waals surface area contributed by atoms with Gasteiger partial charge in [-0.05, 0) is 12.1 Å². The van der Waals surface area contributed by atoms with Crippen LogP contribution in [0.25, 0.3) is 0 Å². The molecular weight excluding hydrogens is 204 g/mol. The van der Waals surface area contributed by atoms with Gasteiger partial charge in [0.25, 0.3) is 10.0 Å². The highest BCUT2D eigenvalue weighted by Crippen LogP contribution is 2.11. The first-order chi connectivity index (χ1) is 6.46. The molecule has 1 rings (SSSR count). The molecule has 2 N–H and O–H groups in total. The molecule has 0 bridgehead atoms. The Morgan fingerprint density at radius 2 is 1.79 bits per heavy atom. The van der Waals surface area contributed by atoms with Gasteiger partial charge >= 0.3 is 0 Å². The molecule has 0 heterocycles. The minimum absolute atomic E-state index is 0.00213. The third-order valence-electron chi connectivity index (χ3n) is 1.61. The van der Waals surface area contributed by atoms with Gasteiger partial charge in [0, 0.05) is 6.92 Å². The van der Waals surface area contributed by atoms with Crippen molar-refractivity contribution < 1.29 is 13.2 Å². The van der Waals surface area contributed by atoms with Crippen LogP contribution in [0, 0.1) is 0 Å². The van der Waals surface area contributed by atoms with Crippen molar-refractivity contribution in [1.29, 1.82) is 0 Å². The molecule has 5 nitrogen and oxygen atoms in total. The van der Waals surface area contributed by atoms with Crippen LogP contribution in [-0.2, 0) is 14.8 Å². The maximum atomic E-state index is 11.6. The van der Waals surface area contributed by atoms with Crippen LogP contribution in [0.15, 0.2) is 35.2 Å². The van der Waals surface area contributed by atoms with E-state index in [9.17, 15) is 13.2 Å². The Bertz CT molecular complexity index is 427. The summed E-state index contributed by atoms with van der Waals surface area (Å²) in [4.78, 5) is 10.8. The number of carbonyl (C=O) groups excluding carboxylic acids is 1. The zero-order chi connectivity index (χ0) is 10.8. The number of amides is 1. The summed E-state index contributed by atoms with van der Waals surface area (Å²) in [5.74, 6) is 4.39. The number of sulfonamides is 1. The van der Waals surface area contributed by atoms with Gasteiger partial charge in [-0.15, -0.1) is 0 Å². The van der Waals surface area contributed by atoms with Crippen LogP contribution in [-0.4, -0.2) is 18.7 Å². The van der Waals surface area contributed by atoms with Crippen molar-refractivity contribution in [2.75, 3.05) is 0 Å². The van der Waals surface area contributed by atoms with Crippen LogP contribution >= 0.6 is 0 Å². The standard InChI is InChI=1S/C8H10N2O3S/c1-7(11)10(9)14(12,13)8-5-3-2-4-6-8/h2-6H,9H2,1H3. The van der Waals surface area contributed by atoms with E-state index in [2.05, 4.69) is 0 Å². The monoisotopic (exact) mass is 214 g/mol. The zero-order valence-electron chi connectivity index (χ0n) is 7.54. The van der Waals surface area contributed by atoms with Crippen molar-refractivity contribution in [3.8, 4) is 0 Å². The third-order valence-corrected chi connectivity index (χ3v) is 3.25. The molecule has 0 aromatic heterocycles. The molecule has 0 spiro atoms. The number of nitrogens with zero attached hydrogens (tertiary/aromatic N) is 1. The largest absolute Gasteiger partial charge is 0.280 e. The molecule has 0 aliphatic heterocycles. The second-order valence-corrected chi connectivity index (χ2v) is 4.45. The maximum Gasteiger partial charge on any atom is 0.280 e. The second kappa shape index (κ2) is 3.77. The van der Waals surface area contributed by atoms with Gasteiger partial charge < -0.3 is 0 Å². The van der Waals surface area contributed by atoms with Crippen molar-refractivity contribution in [2.45, 2.75) is 11.8 Å². The Hall–Kier alpha value is -1.40. The molecule has 6 heteroatoms. The third kappa shape index (κ3) is 1.91. The molecule has 14 heavy (non-hydrogen) atoms. The first-order valence-corrected chi connectivity index (χ1v) is 5.26. The lowest BCUT2D eigenvalue weighted by Crippen LogP contribution is -2.40. The molecule has 0 saturated carbocycles. The number of carbonyl (C=O) groups is 1. The van der Waals surface area contributed by atoms with E-state index in [0.717, 1.165) is 6.92 Å². The molecule has 76 valence electrons. The number of benzene rings is 1. The highest BCUT2D eigenvalue weighted by atomic mass is 32.2. The predicted octanol–water partition coefficient (Wildman–Crippen LogP) is 0.0975. The fourth-order valence-electron chi connectivity index (χ4n) is 0.875. The average molecular weight is 214 g/mol. The lowest BCUT2D eigenvalue weighted by molar-refractivity contribution is -0.124. The first-order valence-electron chi connectivity index (χ1n) is 3.82. The molecule has 0 saturated heterocycles. The smallest absolute Gasteiger partial charge is 0.273 e. The molecular formula is C8H10N2O3S. The van der Waals surface area contributed by atoms with Crippen molar-refractivity contribution in [2.24, 2.45) is 5.84 Å². The summed E-state index contributed by atoms with van der Waals surface area (Å²) in [6.07, 6.45) is 0. The summed E-state index contributed by atoms with van der Waals surface area (Å²) in [6.45, 7) is 1.08. The molecule has 0 fully saturated rings. The van der Waals surface area contributed by atoms with Gasteiger partial charge in [-0.25, -0.2) is 5.84 Å². The lowest BCUT2D eigenvalue weighted by atomic mass is 10.4. The minimum Gasteiger partial charge on any atom is -0.273 e. The van der Waals surface area contributed by atoms with Gasteiger partial charge in [0.2, 0.25) is 5.91 Å². The number of hydrazine groups is 1. The summed E-state index contributed by atoms with van der Waals surface area (Å²) in [7, 11) is -3.88. The fraction of sp³-hybridized carbons (Fsp3) is 0.125. The van der Waals surface area contributed by atoms with E-state index in [1.54, 1.807) is 18.2 Å². The first kappa shape index (κ1) is 10.7. The maximum absolute atomic E-state index is 11.6. The van der Waals surface area contributed by atoms with Crippen molar-refractivity contribution >= 4 is 15.9 Å². The predicted molar refractivity (Wildman–Crippen MR) is 50.3 cm³/mol. The van der Waals surface area contributed by atoms with Crippen LogP contribution in [0.5, 0.6) is 0 Å². The Morgan fingerprint density at radius 3 is 2.21 bits per heavy atom. The number of hydrogen-bond acceptors (Lipinski definition) is 4. The SMILES string of the molecule is CC(=O)N(N)S(=O)(=O)c1ccccc1. The van der Waals surface area contributed by atoms with Crippen LogP contribution in [0.3, 0.4) is 0 Å². The van der Waals surface area contributed by atoms with Crippen LogP contribution in [0.1, 0.15) is 6.92 Å². The Labute approximate surface area is 82.2 Å². The topological polar surface area (TPSA) is 80.5 Å².